The van der Waals surface area contributed by atoms with E-state index in [9.17, 15) is 13.2 Å². The smallest absolute Gasteiger partial charge is 0.272 e. The van der Waals surface area contributed by atoms with Crippen LogP contribution in [0.25, 0.3) is 11.5 Å². The predicted molar refractivity (Wildman–Crippen MR) is 87.9 cm³/mol. The van der Waals surface area contributed by atoms with E-state index in [4.69, 9.17) is 4.42 Å². The van der Waals surface area contributed by atoms with E-state index >= 15 is 0 Å². The predicted octanol–water partition coefficient (Wildman–Crippen LogP) is 1.13. The lowest BCUT2D eigenvalue weighted by Gasteiger charge is -2.30. The van der Waals surface area contributed by atoms with Crippen LogP contribution in [0.1, 0.15) is 29.1 Å². The Labute approximate surface area is 140 Å². The zero-order chi connectivity index (χ0) is 17.3. The lowest BCUT2D eigenvalue weighted by atomic mass is 10.1. The molecule has 0 aromatic carbocycles. The number of nitrogens with zero attached hydrogens (tertiary/aromatic N) is 2. The minimum absolute atomic E-state index is 0.0542. The molecular weight excluding hydrogens is 332 g/mol. The van der Waals surface area contributed by atoms with Gasteiger partial charge in [0.25, 0.3) is 5.91 Å². The lowest BCUT2D eigenvalue weighted by Crippen LogP contribution is -2.46. The van der Waals surface area contributed by atoms with Crippen molar-refractivity contribution in [2.75, 3.05) is 19.3 Å². The van der Waals surface area contributed by atoms with Gasteiger partial charge in [0, 0.05) is 25.2 Å². The maximum absolute atomic E-state index is 12.3. The Balaban J connectivity index is 1.59. The van der Waals surface area contributed by atoms with E-state index in [1.807, 2.05) is 19.1 Å². The Kier molecular flexibility index (Phi) is 4.46. The number of aryl methyl sites for hydroxylation is 1. The number of amides is 1. The Morgan fingerprint density at radius 3 is 2.67 bits per heavy atom. The number of rotatable bonds is 4. The molecule has 2 N–H and O–H groups in total. The largest absolute Gasteiger partial charge is 0.460 e. The summed E-state index contributed by atoms with van der Waals surface area (Å²) in [6.07, 6.45) is 2.38. The van der Waals surface area contributed by atoms with Gasteiger partial charge in [0.15, 0.2) is 11.5 Å². The van der Waals surface area contributed by atoms with Gasteiger partial charge in [-0.15, -0.1) is 0 Å². The number of carbonyl (C=O) groups is 1. The number of aromatic amines is 1. The molecule has 1 saturated heterocycles. The zero-order valence-electron chi connectivity index (χ0n) is 13.6. The monoisotopic (exact) mass is 352 g/mol. The summed E-state index contributed by atoms with van der Waals surface area (Å²) in [5.41, 5.74) is 0.921. The molecule has 1 fully saturated rings. The minimum Gasteiger partial charge on any atom is -0.460 e. The van der Waals surface area contributed by atoms with Crippen LogP contribution in [0.5, 0.6) is 0 Å². The highest BCUT2D eigenvalue weighted by atomic mass is 32.2. The molecule has 0 spiro atoms. The van der Waals surface area contributed by atoms with Crippen molar-refractivity contribution in [2.24, 2.45) is 0 Å². The first kappa shape index (κ1) is 16.7. The van der Waals surface area contributed by atoms with E-state index < -0.39 is 10.0 Å². The fourth-order valence-corrected chi connectivity index (χ4v) is 3.61. The summed E-state index contributed by atoms with van der Waals surface area (Å²) in [5.74, 6) is 1.13. The Morgan fingerprint density at radius 2 is 2.08 bits per heavy atom. The second-order valence-corrected chi connectivity index (χ2v) is 7.97. The Bertz CT molecular complexity index is 831. The van der Waals surface area contributed by atoms with E-state index in [1.165, 1.54) is 10.6 Å². The van der Waals surface area contributed by atoms with Crippen LogP contribution in [0.2, 0.25) is 0 Å². The number of hydrogen-bond donors (Lipinski definition) is 2. The highest BCUT2D eigenvalue weighted by Crippen LogP contribution is 2.20. The van der Waals surface area contributed by atoms with E-state index in [0.717, 1.165) is 5.76 Å². The summed E-state index contributed by atoms with van der Waals surface area (Å²) >= 11 is 0. The lowest BCUT2D eigenvalue weighted by molar-refractivity contribution is 0.0919. The van der Waals surface area contributed by atoms with Crippen LogP contribution in [0.3, 0.4) is 0 Å². The van der Waals surface area contributed by atoms with Gasteiger partial charge in [0.05, 0.1) is 6.26 Å². The van der Waals surface area contributed by atoms with E-state index in [0.29, 0.717) is 37.4 Å². The van der Waals surface area contributed by atoms with E-state index in [-0.39, 0.29) is 17.6 Å². The Morgan fingerprint density at radius 1 is 1.38 bits per heavy atom. The third-order valence-electron chi connectivity index (χ3n) is 4.07. The molecule has 24 heavy (non-hydrogen) atoms. The summed E-state index contributed by atoms with van der Waals surface area (Å²) in [4.78, 5) is 12.3. The van der Waals surface area contributed by atoms with Crippen molar-refractivity contribution >= 4 is 15.9 Å². The molecule has 2 aromatic rings. The second kappa shape index (κ2) is 6.40. The summed E-state index contributed by atoms with van der Waals surface area (Å²) in [7, 11) is -3.16. The van der Waals surface area contributed by atoms with Crippen LogP contribution in [-0.4, -0.2) is 54.2 Å². The van der Waals surface area contributed by atoms with Crippen molar-refractivity contribution in [3.8, 4) is 11.5 Å². The molecule has 9 heteroatoms. The minimum atomic E-state index is -3.16. The van der Waals surface area contributed by atoms with Crippen molar-refractivity contribution in [3.63, 3.8) is 0 Å². The molecule has 0 unspecified atom stereocenters. The molecule has 1 aliphatic rings. The molecule has 1 amide bonds. The SMILES string of the molecule is Cc1ccc(-c2cc(C(=O)NC3CCN(S(C)(=O)=O)CC3)n[nH]2)o1. The van der Waals surface area contributed by atoms with Gasteiger partial charge < -0.3 is 9.73 Å². The molecular formula is C15H20N4O4S. The Hall–Kier alpha value is -2.13. The van der Waals surface area contributed by atoms with Gasteiger partial charge in [0.1, 0.15) is 11.5 Å². The van der Waals surface area contributed by atoms with Gasteiger partial charge in [0.2, 0.25) is 10.0 Å². The van der Waals surface area contributed by atoms with Crippen molar-refractivity contribution in [2.45, 2.75) is 25.8 Å². The van der Waals surface area contributed by atoms with Crippen molar-refractivity contribution in [1.29, 1.82) is 0 Å². The highest BCUT2D eigenvalue weighted by Gasteiger charge is 2.26. The normalized spacial score (nSPS) is 17.1. The molecule has 1 aliphatic heterocycles. The average Bonchev–Trinajstić information content (AvgIpc) is 3.15. The van der Waals surface area contributed by atoms with Crippen LogP contribution in [0.4, 0.5) is 0 Å². The average molecular weight is 352 g/mol. The number of furan rings is 1. The van der Waals surface area contributed by atoms with Crippen LogP contribution in [0, 0.1) is 6.92 Å². The van der Waals surface area contributed by atoms with E-state index in [2.05, 4.69) is 15.5 Å². The molecule has 130 valence electrons. The first-order valence-electron chi connectivity index (χ1n) is 7.71. The molecule has 3 rings (SSSR count). The van der Waals surface area contributed by atoms with Gasteiger partial charge in [-0.05, 0) is 31.9 Å². The summed E-state index contributed by atoms with van der Waals surface area (Å²) in [6, 6.07) is 5.23. The van der Waals surface area contributed by atoms with Crippen LogP contribution >= 0.6 is 0 Å². The van der Waals surface area contributed by atoms with Gasteiger partial charge in [-0.1, -0.05) is 0 Å². The van der Waals surface area contributed by atoms with Crippen molar-refractivity contribution in [3.05, 3.63) is 29.7 Å². The number of sulfonamides is 1. The number of nitrogens with one attached hydrogen (secondary N) is 2. The number of aromatic nitrogens is 2. The van der Waals surface area contributed by atoms with Gasteiger partial charge in [-0.3, -0.25) is 9.89 Å². The fraction of sp³-hybridized carbons (Fsp3) is 0.467. The fourth-order valence-electron chi connectivity index (χ4n) is 2.73. The molecule has 3 heterocycles. The molecule has 0 radical (unpaired) electrons. The number of piperidine rings is 1. The maximum atomic E-state index is 12.3. The summed E-state index contributed by atoms with van der Waals surface area (Å²) in [5, 5.41) is 9.71. The maximum Gasteiger partial charge on any atom is 0.272 e. The molecule has 0 atom stereocenters. The van der Waals surface area contributed by atoms with Crippen LogP contribution < -0.4 is 5.32 Å². The number of H-pyrrole nitrogens is 1. The van der Waals surface area contributed by atoms with Crippen LogP contribution in [0.15, 0.2) is 22.6 Å². The summed E-state index contributed by atoms with van der Waals surface area (Å²) < 4.78 is 29.9. The standard InChI is InChI=1S/C15H20N4O4S/c1-10-3-4-14(23-10)12-9-13(18-17-12)15(20)16-11-5-7-19(8-6-11)24(2,21)22/h3-4,9,11H,5-8H2,1-2H3,(H,16,20)(H,17,18). The molecule has 0 bridgehead atoms. The van der Waals surface area contributed by atoms with Gasteiger partial charge in [-0.25, -0.2) is 12.7 Å². The van der Waals surface area contributed by atoms with Gasteiger partial charge >= 0.3 is 0 Å². The van der Waals surface area contributed by atoms with Crippen molar-refractivity contribution < 1.29 is 17.6 Å². The van der Waals surface area contributed by atoms with E-state index in [1.54, 1.807) is 6.07 Å². The molecule has 0 saturated carbocycles. The second-order valence-electron chi connectivity index (χ2n) is 5.99. The third-order valence-corrected chi connectivity index (χ3v) is 5.38. The molecule has 8 nitrogen and oxygen atoms in total. The highest BCUT2D eigenvalue weighted by molar-refractivity contribution is 7.88. The number of carbonyl (C=O) groups excluding carboxylic acids is 1. The first-order chi connectivity index (χ1) is 11.3. The quantitative estimate of drug-likeness (QED) is 0.857. The topological polar surface area (TPSA) is 108 Å². The van der Waals surface area contributed by atoms with Gasteiger partial charge in [-0.2, -0.15) is 5.10 Å². The van der Waals surface area contributed by atoms with Crippen LogP contribution in [-0.2, 0) is 10.0 Å². The van der Waals surface area contributed by atoms with Crippen molar-refractivity contribution in [1.82, 2.24) is 19.8 Å². The third kappa shape index (κ3) is 3.68. The first-order valence-corrected chi connectivity index (χ1v) is 9.56. The molecule has 0 aliphatic carbocycles. The number of hydrogen-bond acceptors (Lipinski definition) is 5. The zero-order valence-corrected chi connectivity index (χ0v) is 14.4. The molecule has 2 aromatic heterocycles. The summed E-state index contributed by atoms with van der Waals surface area (Å²) in [6.45, 7) is 2.68.